The number of nitrogens with zero attached hydrogens (tertiary/aromatic N) is 3. The van der Waals surface area contributed by atoms with Crippen molar-refractivity contribution in [2.75, 3.05) is 0 Å². The Morgan fingerprint density at radius 2 is 0.972 bits per heavy atom. The van der Waals surface area contributed by atoms with E-state index in [4.69, 9.17) is 0 Å². The van der Waals surface area contributed by atoms with Crippen LogP contribution in [0, 0.1) is 0 Å². The molecule has 0 aliphatic heterocycles. The minimum Gasteiger partial charge on any atom is -0.361 e. The first kappa shape index (κ1) is 22.6. The molecule has 0 saturated carbocycles. The predicted octanol–water partition coefficient (Wildman–Crippen LogP) is 6.86. The zero-order valence-corrected chi connectivity index (χ0v) is 19.5. The molecule has 0 aliphatic carbocycles. The smallest absolute Gasteiger partial charge is 0.0931 e. The number of benzene rings is 4. The fourth-order valence-electron chi connectivity index (χ4n) is 3.64. The summed E-state index contributed by atoms with van der Waals surface area (Å²) in [7, 11) is 0. The number of aromatic nitrogens is 7. The van der Waals surface area contributed by atoms with E-state index in [1.807, 2.05) is 97.3 Å². The Morgan fingerprint density at radius 3 is 1.56 bits per heavy atom. The van der Waals surface area contributed by atoms with Gasteiger partial charge in [0.25, 0.3) is 0 Å². The third-order valence-electron chi connectivity index (χ3n) is 5.47. The van der Waals surface area contributed by atoms with Gasteiger partial charge in [-0.25, -0.2) is 9.97 Å². The monoisotopic (exact) mass is 471 g/mol. The average Bonchev–Trinajstić information content (AvgIpc) is 3.76. The first-order chi connectivity index (χ1) is 17.9. The fraction of sp³-hybridized carbons (Fsp3) is 0. The molecule has 4 N–H and O–H groups in total. The second-order valence-corrected chi connectivity index (χ2v) is 7.86. The number of nitrogens with one attached hydrogen (secondary N) is 4. The zero-order chi connectivity index (χ0) is 24.4. The molecule has 7 nitrogen and oxygen atoms in total. The van der Waals surface area contributed by atoms with Crippen LogP contribution in [0.3, 0.4) is 0 Å². The Labute approximate surface area is 207 Å². The van der Waals surface area contributed by atoms with Crippen LogP contribution in [-0.4, -0.2) is 35.1 Å². The largest absolute Gasteiger partial charge is 0.361 e. The molecule has 8 aromatic rings. The van der Waals surface area contributed by atoms with E-state index in [1.165, 1.54) is 10.9 Å². The van der Waals surface area contributed by atoms with Crippen molar-refractivity contribution in [2.45, 2.75) is 0 Å². The highest BCUT2D eigenvalue weighted by Gasteiger charge is 1.90. The number of hydrogen-bond donors (Lipinski definition) is 4. The Balaban J connectivity index is 0.0000000988. The van der Waals surface area contributed by atoms with Gasteiger partial charge >= 0.3 is 0 Å². The van der Waals surface area contributed by atoms with E-state index in [0.717, 1.165) is 33.0 Å². The molecule has 0 fully saturated rings. The first-order valence-corrected chi connectivity index (χ1v) is 11.5. The van der Waals surface area contributed by atoms with Gasteiger partial charge in [0.15, 0.2) is 0 Å². The maximum atomic E-state index is 4.06. The average molecular weight is 472 g/mol. The summed E-state index contributed by atoms with van der Waals surface area (Å²) in [5, 5.41) is 9.19. The van der Waals surface area contributed by atoms with Crippen LogP contribution in [0.15, 0.2) is 128 Å². The maximum absolute atomic E-state index is 4.06. The van der Waals surface area contributed by atoms with Crippen molar-refractivity contribution in [1.29, 1.82) is 0 Å². The maximum Gasteiger partial charge on any atom is 0.0931 e. The lowest BCUT2D eigenvalue weighted by Crippen LogP contribution is -1.63. The number of aromatic amines is 4. The number of para-hydroxylation sites is 6. The van der Waals surface area contributed by atoms with Crippen molar-refractivity contribution in [3.63, 3.8) is 0 Å². The molecule has 36 heavy (non-hydrogen) atoms. The molecule has 4 aromatic heterocycles. The van der Waals surface area contributed by atoms with Crippen molar-refractivity contribution in [1.82, 2.24) is 35.1 Å². The molecule has 4 aromatic carbocycles. The molecular formula is C29H25N7. The number of hydrogen-bond acceptors (Lipinski definition) is 3. The lowest BCUT2D eigenvalue weighted by molar-refractivity contribution is 1.12. The van der Waals surface area contributed by atoms with Gasteiger partial charge in [0, 0.05) is 17.1 Å². The van der Waals surface area contributed by atoms with Crippen molar-refractivity contribution in [3.05, 3.63) is 128 Å². The third kappa shape index (κ3) is 5.66. The predicted molar refractivity (Wildman–Crippen MR) is 147 cm³/mol. The van der Waals surface area contributed by atoms with Crippen molar-refractivity contribution < 1.29 is 0 Å². The third-order valence-corrected chi connectivity index (χ3v) is 5.47. The second kappa shape index (κ2) is 11.3. The van der Waals surface area contributed by atoms with Gasteiger partial charge in [0.1, 0.15) is 0 Å². The van der Waals surface area contributed by atoms with E-state index in [-0.39, 0.29) is 0 Å². The van der Waals surface area contributed by atoms with Crippen LogP contribution in [0.25, 0.3) is 43.9 Å². The number of imidazole rings is 2. The second-order valence-electron chi connectivity index (χ2n) is 7.86. The van der Waals surface area contributed by atoms with Crippen molar-refractivity contribution >= 4 is 43.9 Å². The molecule has 0 unspecified atom stereocenters. The summed E-state index contributed by atoms with van der Waals surface area (Å²) in [5.41, 5.74) is 6.54. The van der Waals surface area contributed by atoms with Crippen LogP contribution in [0.1, 0.15) is 0 Å². The summed E-state index contributed by atoms with van der Waals surface area (Å²) < 4.78 is 0. The van der Waals surface area contributed by atoms with Crippen molar-refractivity contribution in [3.8, 4) is 0 Å². The molecule has 0 spiro atoms. The lowest BCUT2D eigenvalue weighted by atomic mass is 10.3. The van der Waals surface area contributed by atoms with Gasteiger partial charge < -0.3 is 15.0 Å². The molecule has 0 atom stereocenters. The Hall–Kier alpha value is -5.17. The molecule has 7 heteroatoms. The molecule has 4 heterocycles. The van der Waals surface area contributed by atoms with E-state index in [9.17, 15) is 0 Å². The lowest BCUT2D eigenvalue weighted by Gasteiger charge is -1.83. The summed E-state index contributed by atoms with van der Waals surface area (Å²) in [6, 6.07) is 34.2. The SMILES string of the molecule is c1ccc2[nH]ccc2c1.c1ccc2[nH]cnc2c1.c1ccc2[nH]cnc2c1.c1ccc2[nH]ncc2c1. The van der Waals surface area contributed by atoms with E-state index in [0.29, 0.717) is 0 Å². The standard InChI is InChI=1S/C8H7N.3C7H6N2/c1-2-4-8-7(3-1)5-6-9-8;2*1-2-4-7-6(3-1)8-5-9-7;1-2-4-7-6(3-1)5-8-9-7/h1-6,9H;3*1-5H,(H,8,9). The van der Waals surface area contributed by atoms with Gasteiger partial charge in [0.05, 0.1) is 46.4 Å². The summed E-state index contributed by atoms with van der Waals surface area (Å²) in [6.45, 7) is 0. The van der Waals surface area contributed by atoms with Gasteiger partial charge in [-0.05, 0) is 47.9 Å². The quantitative estimate of drug-likeness (QED) is 0.194. The van der Waals surface area contributed by atoms with E-state index in [1.54, 1.807) is 12.7 Å². The van der Waals surface area contributed by atoms with E-state index >= 15 is 0 Å². The molecule has 0 bridgehead atoms. The van der Waals surface area contributed by atoms with Gasteiger partial charge in [-0.2, -0.15) is 5.10 Å². The van der Waals surface area contributed by atoms with E-state index in [2.05, 4.69) is 53.3 Å². The fourth-order valence-corrected chi connectivity index (χ4v) is 3.64. The van der Waals surface area contributed by atoms with E-state index < -0.39 is 0 Å². The minimum atomic E-state index is 1.03. The zero-order valence-electron chi connectivity index (χ0n) is 19.5. The van der Waals surface area contributed by atoms with Crippen molar-refractivity contribution in [2.24, 2.45) is 0 Å². The highest BCUT2D eigenvalue weighted by Crippen LogP contribution is 2.09. The Morgan fingerprint density at radius 1 is 0.444 bits per heavy atom. The molecule has 0 saturated heterocycles. The molecular weight excluding hydrogens is 446 g/mol. The normalized spacial score (nSPS) is 10.2. The summed E-state index contributed by atoms with van der Waals surface area (Å²) >= 11 is 0. The number of rotatable bonds is 0. The molecule has 0 amide bonds. The van der Waals surface area contributed by atoms with Gasteiger partial charge in [-0.1, -0.05) is 60.7 Å². The van der Waals surface area contributed by atoms with Crippen LogP contribution in [0.5, 0.6) is 0 Å². The molecule has 0 radical (unpaired) electrons. The van der Waals surface area contributed by atoms with Gasteiger partial charge in [-0.15, -0.1) is 0 Å². The van der Waals surface area contributed by atoms with Crippen LogP contribution in [0.4, 0.5) is 0 Å². The van der Waals surface area contributed by atoms with Crippen LogP contribution in [0.2, 0.25) is 0 Å². The van der Waals surface area contributed by atoms with Crippen LogP contribution >= 0.6 is 0 Å². The topological polar surface area (TPSA) is 102 Å². The molecule has 176 valence electrons. The Bertz CT molecular complexity index is 1390. The summed E-state index contributed by atoms with van der Waals surface area (Å²) in [6.07, 6.45) is 7.16. The molecule has 8 rings (SSSR count). The first-order valence-electron chi connectivity index (χ1n) is 11.5. The van der Waals surface area contributed by atoms with Gasteiger partial charge in [0.2, 0.25) is 0 Å². The van der Waals surface area contributed by atoms with Crippen LogP contribution in [-0.2, 0) is 0 Å². The number of H-pyrrole nitrogens is 4. The Kier molecular flexibility index (Phi) is 7.10. The highest BCUT2D eigenvalue weighted by atomic mass is 15.1. The van der Waals surface area contributed by atoms with Crippen LogP contribution < -0.4 is 0 Å². The van der Waals surface area contributed by atoms with Gasteiger partial charge in [-0.3, -0.25) is 5.10 Å². The highest BCUT2D eigenvalue weighted by molar-refractivity contribution is 5.79. The summed E-state index contributed by atoms with van der Waals surface area (Å²) in [4.78, 5) is 17.3. The molecule has 0 aliphatic rings. The minimum absolute atomic E-state index is 1.03. The number of fused-ring (bicyclic) bond motifs is 4. The summed E-state index contributed by atoms with van der Waals surface area (Å²) in [5.74, 6) is 0.